The number of rotatable bonds is 6. The van der Waals surface area contributed by atoms with Gasteiger partial charge in [0.15, 0.2) is 0 Å². The maximum atomic E-state index is 10.6. The van der Waals surface area contributed by atoms with Crippen molar-refractivity contribution in [1.29, 1.82) is 0 Å². The molecular formula is C13H19NO3. The lowest BCUT2D eigenvalue weighted by Crippen LogP contribution is -2.32. The Hall–Kier alpha value is -1.55. The summed E-state index contributed by atoms with van der Waals surface area (Å²) in [5.74, 6) is 0.298. The van der Waals surface area contributed by atoms with E-state index in [1.807, 2.05) is 24.3 Å². The zero-order valence-corrected chi connectivity index (χ0v) is 10.2. The third-order valence-corrected chi connectivity index (χ3v) is 2.28. The van der Waals surface area contributed by atoms with Gasteiger partial charge < -0.3 is 15.6 Å². The second kappa shape index (κ2) is 6.25. The Labute approximate surface area is 101 Å². The van der Waals surface area contributed by atoms with Crippen LogP contribution in [0, 0.1) is 5.92 Å². The number of ether oxygens (including phenoxy) is 1. The minimum Gasteiger partial charge on any atom is -0.493 e. The van der Waals surface area contributed by atoms with Gasteiger partial charge in [-0.3, -0.25) is 4.79 Å². The molecule has 17 heavy (non-hydrogen) atoms. The van der Waals surface area contributed by atoms with Crippen molar-refractivity contribution in [1.82, 2.24) is 0 Å². The van der Waals surface area contributed by atoms with Crippen molar-refractivity contribution in [3.05, 3.63) is 29.8 Å². The predicted octanol–water partition coefficient (Wildman–Crippen LogP) is 1.68. The molecule has 0 saturated carbocycles. The van der Waals surface area contributed by atoms with Crippen LogP contribution in [-0.4, -0.2) is 23.7 Å². The fourth-order valence-corrected chi connectivity index (χ4v) is 1.33. The molecular weight excluding hydrogens is 218 g/mol. The molecule has 94 valence electrons. The van der Waals surface area contributed by atoms with Crippen LogP contribution in [-0.2, 0) is 11.2 Å². The van der Waals surface area contributed by atoms with E-state index in [1.54, 1.807) is 0 Å². The molecule has 1 atom stereocenters. The summed E-state index contributed by atoms with van der Waals surface area (Å²) in [5.41, 5.74) is 6.35. The molecule has 1 rings (SSSR count). The summed E-state index contributed by atoms with van der Waals surface area (Å²) < 4.78 is 5.53. The molecule has 0 amide bonds. The van der Waals surface area contributed by atoms with Gasteiger partial charge in [0.1, 0.15) is 11.8 Å². The van der Waals surface area contributed by atoms with Crippen molar-refractivity contribution >= 4 is 5.97 Å². The van der Waals surface area contributed by atoms with Crippen LogP contribution in [0.4, 0.5) is 0 Å². The van der Waals surface area contributed by atoms with E-state index in [-0.39, 0.29) is 0 Å². The molecule has 3 N–H and O–H groups in total. The number of carbonyl (C=O) groups is 1. The zero-order valence-electron chi connectivity index (χ0n) is 10.2. The number of hydrogen-bond acceptors (Lipinski definition) is 3. The van der Waals surface area contributed by atoms with Crippen molar-refractivity contribution in [3.63, 3.8) is 0 Å². The van der Waals surface area contributed by atoms with E-state index in [4.69, 9.17) is 15.6 Å². The first-order chi connectivity index (χ1) is 7.99. The first-order valence-electron chi connectivity index (χ1n) is 5.69. The van der Waals surface area contributed by atoms with Crippen LogP contribution in [0.1, 0.15) is 19.4 Å². The van der Waals surface area contributed by atoms with E-state index in [0.29, 0.717) is 18.9 Å². The van der Waals surface area contributed by atoms with Crippen LogP contribution in [0.5, 0.6) is 5.75 Å². The summed E-state index contributed by atoms with van der Waals surface area (Å²) >= 11 is 0. The molecule has 0 fully saturated rings. The second-order valence-electron chi connectivity index (χ2n) is 4.50. The minimum absolute atomic E-state index is 0.333. The number of aliphatic carboxylic acids is 1. The zero-order chi connectivity index (χ0) is 12.8. The van der Waals surface area contributed by atoms with Gasteiger partial charge in [-0.15, -0.1) is 0 Å². The highest BCUT2D eigenvalue weighted by molar-refractivity contribution is 5.73. The molecule has 1 aromatic carbocycles. The standard InChI is InChI=1S/C13H19NO3/c1-9(2)8-17-11-5-3-10(4-6-11)7-12(14)13(15)16/h3-6,9,12H,7-8,14H2,1-2H3,(H,15,16). The SMILES string of the molecule is CC(C)COc1ccc(CC(N)C(=O)O)cc1. The number of carboxylic acid groups (broad SMARTS) is 1. The van der Waals surface area contributed by atoms with Gasteiger partial charge in [-0.05, 0) is 30.0 Å². The van der Waals surface area contributed by atoms with Gasteiger partial charge in [0.05, 0.1) is 6.61 Å². The molecule has 1 aromatic rings. The lowest BCUT2D eigenvalue weighted by atomic mass is 10.1. The van der Waals surface area contributed by atoms with Gasteiger partial charge in [0.2, 0.25) is 0 Å². The maximum Gasteiger partial charge on any atom is 0.320 e. The average molecular weight is 237 g/mol. The number of carboxylic acids is 1. The van der Waals surface area contributed by atoms with Gasteiger partial charge in [0.25, 0.3) is 0 Å². The summed E-state index contributed by atoms with van der Waals surface area (Å²) in [7, 11) is 0. The van der Waals surface area contributed by atoms with Crippen molar-refractivity contribution in [3.8, 4) is 5.75 Å². The first kappa shape index (κ1) is 13.5. The van der Waals surface area contributed by atoms with Crippen LogP contribution in [0.3, 0.4) is 0 Å². The lowest BCUT2D eigenvalue weighted by Gasteiger charge is -2.10. The van der Waals surface area contributed by atoms with E-state index in [2.05, 4.69) is 13.8 Å². The first-order valence-corrected chi connectivity index (χ1v) is 5.69. The molecule has 0 heterocycles. The molecule has 0 aliphatic heterocycles. The fraction of sp³-hybridized carbons (Fsp3) is 0.462. The van der Waals surface area contributed by atoms with E-state index in [1.165, 1.54) is 0 Å². The Kier molecular flexibility index (Phi) is 4.97. The summed E-state index contributed by atoms with van der Waals surface area (Å²) in [4.78, 5) is 10.6. The molecule has 4 heteroatoms. The highest BCUT2D eigenvalue weighted by Gasteiger charge is 2.11. The molecule has 4 nitrogen and oxygen atoms in total. The number of benzene rings is 1. The normalized spacial score (nSPS) is 12.5. The van der Waals surface area contributed by atoms with E-state index < -0.39 is 12.0 Å². The number of nitrogens with two attached hydrogens (primary N) is 1. The molecule has 0 radical (unpaired) electrons. The van der Waals surface area contributed by atoms with Crippen LogP contribution in [0.15, 0.2) is 24.3 Å². The van der Waals surface area contributed by atoms with Gasteiger partial charge >= 0.3 is 5.97 Å². The van der Waals surface area contributed by atoms with Gasteiger partial charge in [0, 0.05) is 0 Å². The quantitative estimate of drug-likeness (QED) is 0.789. The smallest absolute Gasteiger partial charge is 0.320 e. The molecule has 0 aromatic heterocycles. The minimum atomic E-state index is -0.981. The highest BCUT2D eigenvalue weighted by Crippen LogP contribution is 2.14. The summed E-state index contributed by atoms with van der Waals surface area (Å²) in [5, 5.41) is 8.69. The van der Waals surface area contributed by atoms with E-state index in [9.17, 15) is 4.79 Å². The third-order valence-electron chi connectivity index (χ3n) is 2.28. The van der Waals surface area contributed by atoms with Crippen LogP contribution in [0.2, 0.25) is 0 Å². The maximum absolute atomic E-state index is 10.6. The van der Waals surface area contributed by atoms with Gasteiger partial charge in [-0.2, -0.15) is 0 Å². The molecule has 0 aliphatic rings. The molecule has 1 unspecified atom stereocenters. The molecule has 0 saturated heterocycles. The highest BCUT2D eigenvalue weighted by atomic mass is 16.5. The van der Waals surface area contributed by atoms with Crippen LogP contribution >= 0.6 is 0 Å². The fourth-order valence-electron chi connectivity index (χ4n) is 1.33. The van der Waals surface area contributed by atoms with Crippen LogP contribution in [0.25, 0.3) is 0 Å². The van der Waals surface area contributed by atoms with E-state index in [0.717, 1.165) is 11.3 Å². The summed E-state index contributed by atoms with van der Waals surface area (Å²) in [6.07, 6.45) is 0.333. The summed E-state index contributed by atoms with van der Waals surface area (Å²) in [6.45, 7) is 4.84. The number of hydrogen-bond donors (Lipinski definition) is 2. The Balaban J connectivity index is 2.53. The monoisotopic (exact) mass is 237 g/mol. The Morgan fingerprint density at radius 1 is 1.35 bits per heavy atom. The largest absolute Gasteiger partial charge is 0.493 e. The van der Waals surface area contributed by atoms with Crippen LogP contribution < -0.4 is 10.5 Å². The van der Waals surface area contributed by atoms with Crippen molar-refractivity contribution in [2.24, 2.45) is 11.7 Å². The molecule has 0 aliphatic carbocycles. The Morgan fingerprint density at radius 3 is 2.41 bits per heavy atom. The Bertz CT molecular complexity index is 359. The topological polar surface area (TPSA) is 72.5 Å². The van der Waals surface area contributed by atoms with Gasteiger partial charge in [-0.1, -0.05) is 26.0 Å². The lowest BCUT2D eigenvalue weighted by molar-refractivity contribution is -0.138. The summed E-state index contributed by atoms with van der Waals surface area (Å²) in [6, 6.07) is 6.52. The molecule has 0 bridgehead atoms. The Morgan fingerprint density at radius 2 is 1.94 bits per heavy atom. The van der Waals surface area contributed by atoms with Gasteiger partial charge in [-0.25, -0.2) is 0 Å². The molecule has 0 spiro atoms. The average Bonchev–Trinajstić information content (AvgIpc) is 2.28. The van der Waals surface area contributed by atoms with Crippen molar-refractivity contribution < 1.29 is 14.6 Å². The van der Waals surface area contributed by atoms with E-state index >= 15 is 0 Å². The van der Waals surface area contributed by atoms with Crippen molar-refractivity contribution in [2.45, 2.75) is 26.3 Å². The van der Waals surface area contributed by atoms with Crippen molar-refractivity contribution in [2.75, 3.05) is 6.61 Å². The predicted molar refractivity (Wildman–Crippen MR) is 66.1 cm³/mol. The third kappa shape index (κ3) is 4.87. The second-order valence-corrected chi connectivity index (χ2v) is 4.50.